The first-order valence-electron chi connectivity index (χ1n) is 13.8. The first kappa shape index (κ1) is 30.0. The molecule has 11 heteroatoms. The van der Waals surface area contributed by atoms with Crippen molar-refractivity contribution in [2.24, 2.45) is 0 Å². The minimum Gasteiger partial charge on any atom is -0.379 e. The van der Waals surface area contributed by atoms with Crippen molar-refractivity contribution in [2.75, 3.05) is 37.4 Å². The van der Waals surface area contributed by atoms with Crippen molar-refractivity contribution in [2.45, 2.75) is 42.8 Å². The summed E-state index contributed by atoms with van der Waals surface area (Å²) in [5, 5.41) is 12.4. The summed E-state index contributed by atoms with van der Waals surface area (Å²) >= 11 is 1.29. The topological polar surface area (TPSA) is 106 Å². The lowest BCUT2D eigenvalue weighted by atomic mass is 9.87. The van der Waals surface area contributed by atoms with E-state index in [4.69, 9.17) is 4.74 Å². The zero-order valence-corrected chi connectivity index (χ0v) is 25.6. The number of carbonyl (C=O) groups is 1. The Bertz CT molecular complexity index is 1630. The average molecular weight is 606 g/mol. The third-order valence-corrected chi connectivity index (χ3v) is 9.83. The number of amides is 1. The number of hydrogen-bond acceptors (Lipinski definition) is 7. The van der Waals surface area contributed by atoms with E-state index in [1.165, 1.54) is 21.6 Å². The third-order valence-electron chi connectivity index (χ3n) is 6.97. The van der Waals surface area contributed by atoms with Gasteiger partial charge in [0.15, 0.2) is 11.0 Å². The predicted octanol–water partition coefficient (Wildman–Crippen LogP) is 5.04. The molecule has 1 saturated heterocycles. The molecule has 0 aliphatic carbocycles. The Morgan fingerprint density at radius 3 is 2.36 bits per heavy atom. The summed E-state index contributed by atoms with van der Waals surface area (Å²) in [5.41, 5.74) is 3.62. The molecule has 1 aromatic heterocycles. The fourth-order valence-corrected chi connectivity index (χ4v) is 6.82. The van der Waals surface area contributed by atoms with Gasteiger partial charge in [0.1, 0.15) is 0 Å². The maximum Gasteiger partial charge on any atom is 0.243 e. The zero-order chi connectivity index (χ0) is 29.7. The van der Waals surface area contributed by atoms with E-state index >= 15 is 0 Å². The van der Waals surface area contributed by atoms with Crippen molar-refractivity contribution in [3.63, 3.8) is 0 Å². The molecule has 1 aliphatic heterocycles. The van der Waals surface area contributed by atoms with E-state index < -0.39 is 10.0 Å². The van der Waals surface area contributed by atoms with E-state index in [0.717, 1.165) is 11.3 Å². The first-order valence-corrected chi connectivity index (χ1v) is 16.2. The van der Waals surface area contributed by atoms with Crippen LogP contribution in [-0.4, -0.2) is 65.5 Å². The summed E-state index contributed by atoms with van der Waals surface area (Å²) in [6.45, 7) is 8.30. The highest BCUT2D eigenvalue weighted by Crippen LogP contribution is 2.29. The maximum absolute atomic E-state index is 13.3. The minimum absolute atomic E-state index is 0.0329. The number of sulfonamides is 1. The van der Waals surface area contributed by atoms with Crippen LogP contribution in [-0.2, 0) is 31.5 Å². The highest BCUT2D eigenvalue weighted by molar-refractivity contribution is 7.99. The molecular formula is C31H35N5O4S2. The first-order chi connectivity index (χ1) is 20.1. The van der Waals surface area contributed by atoms with Crippen molar-refractivity contribution in [1.29, 1.82) is 0 Å². The molecule has 1 N–H and O–H groups in total. The lowest BCUT2D eigenvalue weighted by Gasteiger charge is -2.26. The number of anilines is 1. The van der Waals surface area contributed by atoms with Crippen molar-refractivity contribution < 1.29 is 17.9 Å². The number of carbonyl (C=O) groups excluding carboxylic acids is 1. The van der Waals surface area contributed by atoms with Crippen LogP contribution < -0.4 is 5.32 Å². The summed E-state index contributed by atoms with van der Waals surface area (Å²) in [6, 6.07) is 24.5. The number of thioether (sulfide) groups is 1. The Morgan fingerprint density at radius 1 is 0.952 bits per heavy atom. The maximum atomic E-state index is 13.3. The molecule has 42 heavy (non-hydrogen) atoms. The molecule has 1 aliphatic rings. The molecule has 0 bridgehead atoms. The van der Waals surface area contributed by atoms with Crippen molar-refractivity contribution in [3.8, 4) is 11.4 Å². The molecule has 2 heterocycles. The monoisotopic (exact) mass is 605 g/mol. The van der Waals surface area contributed by atoms with E-state index in [2.05, 4.69) is 36.3 Å². The van der Waals surface area contributed by atoms with Crippen LogP contribution >= 0.6 is 11.8 Å². The smallest absolute Gasteiger partial charge is 0.243 e. The van der Waals surface area contributed by atoms with Crippen LogP contribution in [0, 0.1) is 0 Å². The number of nitrogens with one attached hydrogen (secondary N) is 1. The molecule has 0 radical (unpaired) electrons. The van der Waals surface area contributed by atoms with Gasteiger partial charge < -0.3 is 10.1 Å². The van der Waals surface area contributed by atoms with Gasteiger partial charge in [-0.15, -0.1) is 10.2 Å². The Kier molecular flexibility index (Phi) is 9.12. The van der Waals surface area contributed by atoms with Gasteiger partial charge in [-0.2, -0.15) is 4.31 Å². The number of benzene rings is 3. The van der Waals surface area contributed by atoms with E-state index in [1.54, 1.807) is 18.2 Å². The van der Waals surface area contributed by atoms with Crippen LogP contribution in [0.1, 0.15) is 31.9 Å². The fraction of sp³-hybridized carbons (Fsp3) is 0.323. The van der Waals surface area contributed by atoms with Gasteiger partial charge in [0.05, 0.1) is 30.4 Å². The molecule has 220 valence electrons. The zero-order valence-electron chi connectivity index (χ0n) is 24.0. The second-order valence-electron chi connectivity index (χ2n) is 11.1. The number of hydrogen-bond donors (Lipinski definition) is 1. The van der Waals surface area contributed by atoms with Crippen molar-refractivity contribution in [3.05, 3.63) is 90.0 Å². The van der Waals surface area contributed by atoms with E-state index in [0.29, 0.717) is 49.4 Å². The standard InChI is InChI=1S/C31H35N5O4S2/c1-31(2,3)25-12-14-26(15-13-25)32-28(37)22-41-30-34-33-29(36(30)21-23-8-5-4-6-9-23)24-10-7-11-27(20-24)42(38,39)35-16-18-40-19-17-35/h4-15,20H,16-19,21-22H2,1-3H3,(H,32,37). The Labute approximate surface area is 251 Å². The minimum atomic E-state index is -3.68. The van der Waals surface area contributed by atoms with Crippen LogP contribution in [0.2, 0.25) is 0 Å². The molecule has 1 amide bonds. The normalized spacial score (nSPS) is 14.5. The van der Waals surface area contributed by atoms with E-state index in [-0.39, 0.29) is 22.0 Å². The van der Waals surface area contributed by atoms with E-state index in [1.807, 2.05) is 65.2 Å². The van der Waals surface area contributed by atoms with Crippen LogP contribution in [0.25, 0.3) is 11.4 Å². The van der Waals surface area contributed by atoms with Gasteiger partial charge >= 0.3 is 0 Å². The molecular weight excluding hydrogens is 571 g/mol. The number of aromatic nitrogens is 3. The van der Waals surface area contributed by atoms with Gasteiger partial charge in [0, 0.05) is 24.3 Å². The summed E-state index contributed by atoms with van der Waals surface area (Å²) < 4.78 is 35.3. The lowest BCUT2D eigenvalue weighted by molar-refractivity contribution is -0.113. The molecule has 0 saturated carbocycles. The second-order valence-corrected chi connectivity index (χ2v) is 14.0. The van der Waals surface area contributed by atoms with Crippen LogP contribution in [0.15, 0.2) is 88.9 Å². The molecule has 1 fully saturated rings. The average Bonchev–Trinajstić information content (AvgIpc) is 3.39. The molecule has 0 atom stereocenters. The molecule has 5 rings (SSSR count). The van der Waals surface area contributed by atoms with Gasteiger partial charge in [-0.1, -0.05) is 87.1 Å². The third kappa shape index (κ3) is 7.09. The van der Waals surface area contributed by atoms with Gasteiger partial charge in [-0.25, -0.2) is 8.42 Å². The van der Waals surface area contributed by atoms with Crippen LogP contribution in [0.3, 0.4) is 0 Å². The number of ether oxygens (including phenoxy) is 1. The van der Waals surface area contributed by atoms with Gasteiger partial charge in [-0.3, -0.25) is 9.36 Å². The Balaban J connectivity index is 1.37. The number of rotatable bonds is 9. The van der Waals surface area contributed by atoms with Crippen LogP contribution in [0.5, 0.6) is 0 Å². The van der Waals surface area contributed by atoms with E-state index in [9.17, 15) is 13.2 Å². The summed E-state index contributed by atoms with van der Waals surface area (Å²) in [5.74, 6) is 0.510. The summed E-state index contributed by atoms with van der Waals surface area (Å²) in [6.07, 6.45) is 0. The van der Waals surface area contributed by atoms with Crippen molar-refractivity contribution in [1.82, 2.24) is 19.1 Å². The Hall–Kier alpha value is -3.51. The SMILES string of the molecule is CC(C)(C)c1ccc(NC(=O)CSc2nnc(-c3cccc(S(=O)(=O)N4CCOCC4)c3)n2Cc2ccccc2)cc1. The highest BCUT2D eigenvalue weighted by Gasteiger charge is 2.27. The lowest BCUT2D eigenvalue weighted by Crippen LogP contribution is -2.40. The molecule has 0 spiro atoms. The molecule has 9 nitrogen and oxygen atoms in total. The fourth-order valence-electron chi connectivity index (χ4n) is 4.63. The van der Waals surface area contributed by atoms with Crippen LogP contribution in [0.4, 0.5) is 5.69 Å². The number of nitrogens with zero attached hydrogens (tertiary/aromatic N) is 4. The largest absolute Gasteiger partial charge is 0.379 e. The van der Waals surface area contributed by atoms with Gasteiger partial charge in [0.2, 0.25) is 15.9 Å². The van der Waals surface area contributed by atoms with Gasteiger partial charge in [-0.05, 0) is 40.8 Å². The highest BCUT2D eigenvalue weighted by atomic mass is 32.2. The summed E-state index contributed by atoms with van der Waals surface area (Å²) in [4.78, 5) is 13.0. The van der Waals surface area contributed by atoms with Crippen molar-refractivity contribution >= 4 is 33.4 Å². The predicted molar refractivity (Wildman–Crippen MR) is 165 cm³/mol. The molecule has 4 aromatic rings. The summed E-state index contributed by atoms with van der Waals surface area (Å²) in [7, 11) is -3.68. The number of morpholine rings is 1. The molecule has 3 aromatic carbocycles. The Morgan fingerprint density at radius 2 is 1.67 bits per heavy atom. The molecule has 0 unspecified atom stereocenters. The quantitative estimate of drug-likeness (QED) is 0.266. The second kappa shape index (κ2) is 12.8. The van der Waals surface area contributed by atoms with Gasteiger partial charge in [0.25, 0.3) is 0 Å².